The predicted octanol–water partition coefficient (Wildman–Crippen LogP) is 8.98. The van der Waals surface area contributed by atoms with Crippen molar-refractivity contribution in [1.29, 1.82) is 0 Å². The molecular weight excluding hydrogens is 335 g/mol. The average molecular weight is 383 g/mol. The molecule has 160 valence electrons. The molecule has 1 atom stereocenters. The Morgan fingerprint density at radius 3 is 1.96 bits per heavy atom. The number of hydrogen-bond acceptors (Lipinski definition) is 1. The summed E-state index contributed by atoms with van der Waals surface area (Å²) < 4.78 is 13.7. The number of carbonyl (C=O) groups is 1. The number of Topliss-reactive ketones (excluding diaryl/α,β-unsaturated/α-hetero) is 1. The van der Waals surface area contributed by atoms with Crippen LogP contribution in [0.4, 0.5) is 4.39 Å². The molecule has 0 aromatic carbocycles. The van der Waals surface area contributed by atoms with E-state index in [-0.39, 0.29) is 17.5 Å². The van der Waals surface area contributed by atoms with Gasteiger partial charge in [0.25, 0.3) is 0 Å². The van der Waals surface area contributed by atoms with Crippen molar-refractivity contribution in [3.63, 3.8) is 0 Å². The van der Waals surface area contributed by atoms with Gasteiger partial charge >= 0.3 is 0 Å². The van der Waals surface area contributed by atoms with E-state index in [1.165, 1.54) is 57.4 Å². The zero-order chi connectivity index (χ0) is 21.2. The van der Waals surface area contributed by atoms with E-state index in [4.69, 9.17) is 0 Å². The van der Waals surface area contributed by atoms with Crippen LogP contribution in [-0.2, 0) is 4.79 Å². The molecule has 0 heterocycles. The fourth-order valence-electron chi connectivity index (χ4n) is 3.19. The fourth-order valence-corrected chi connectivity index (χ4v) is 3.19. The summed E-state index contributed by atoms with van der Waals surface area (Å²) in [7, 11) is 0. The largest absolute Gasteiger partial charge is 0.300 e. The molecule has 0 aromatic heterocycles. The monoisotopic (exact) mass is 382 g/mol. The van der Waals surface area contributed by atoms with Gasteiger partial charge in [-0.25, -0.2) is 4.39 Å². The molecule has 0 spiro atoms. The van der Waals surface area contributed by atoms with Crippen molar-refractivity contribution in [2.45, 2.75) is 120 Å². The zero-order valence-corrected chi connectivity index (χ0v) is 19.6. The summed E-state index contributed by atoms with van der Waals surface area (Å²) in [5.74, 6) is 0.760. The maximum atomic E-state index is 13.7. The second kappa shape index (κ2) is 18.4. The highest BCUT2D eigenvalue weighted by atomic mass is 19.1. The van der Waals surface area contributed by atoms with Gasteiger partial charge in [0.05, 0.1) is 0 Å². The molecule has 0 radical (unpaired) electrons. The molecule has 0 N–H and O–H groups in total. The molecule has 1 aliphatic carbocycles. The van der Waals surface area contributed by atoms with Gasteiger partial charge in [-0.15, -0.1) is 0 Å². The Morgan fingerprint density at radius 1 is 1.11 bits per heavy atom. The number of hydrogen-bond donors (Lipinski definition) is 0. The number of allylic oxidation sites excluding steroid dienone is 4. The van der Waals surface area contributed by atoms with Crippen molar-refractivity contribution in [3.8, 4) is 0 Å². The van der Waals surface area contributed by atoms with Gasteiger partial charge in [0.15, 0.2) is 0 Å². The number of carbonyl (C=O) groups excluding carboxylic acids is 1. The zero-order valence-electron chi connectivity index (χ0n) is 19.6. The molecule has 0 fully saturated rings. The van der Waals surface area contributed by atoms with Gasteiger partial charge in [-0.1, -0.05) is 98.1 Å². The van der Waals surface area contributed by atoms with E-state index in [1.54, 1.807) is 0 Å². The summed E-state index contributed by atoms with van der Waals surface area (Å²) in [5.41, 5.74) is 1.94. The van der Waals surface area contributed by atoms with Crippen molar-refractivity contribution >= 4 is 5.78 Å². The van der Waals surface area contributed by atoms with Crippen LogP contribution in [0.25, 0.3) is 0 Å². The van der Waals surface area contributed by atoms with E-state index in [1.807, 2.05) is 19.9 Å². The molecule has 0 bridgehead atoms. The highest BCUT2D eigenvalue weighted by molar-refractivity contribution is 5.76. The SMILES string of the molecule is CCC.CCC1=C(F)C(CC(C)=O)CC(C)=C1.CCCCC(C)CCCC. The molecule has 0 amide bonds. The Balaban J connectivity index is 0. The first kappa shape index (κ1) is 28.3. The first-order valence-electron chi connectivity index (χ1n) is 11.3. The van der Waals surface area contributed by atoms with Crippen LogP contribution in [0.15, 0.2) is 23.0 Å². The fraction of sp³-hybridized carbons (Fsp3) is 0.800. The molecule has 27 heavy (non-hydrogen) atoms. The van der Waals surface area contributed by atoms with Gasteiger partial charge in [0.2, 0.25) is 0 Å². The third kappa shape index (κ3) is 15.8. The van der Waals surface area contributed by atoms with Crippen molar-refractivity contribution < 1.29 is 9.18 Å². The summed E-state index contributed by atoms with van der Waals surface area (Å²) >= 11 is 0. The second-order valence-corrected chi connectivity index (χ2v) is 8.12. The first-order chi connectivity index (χ1) is 12.8. The Kier molecular flexibility index (Phi) is 19.3. The third-order valence-electron chi connectivity index (χ3n) is 4.67. The van der Waals surface area contributed by atoms with Crippen molar-refractivity contribution in [2.24, 2.45) is 11.8 Å². The molecule has 0 saturated heterocycles. The minimum atomic E-state index is -0.201. The lowest BCUT2D eigenvalue weighted by atomic mass is 9.86. The smallest absolute Gasteiger partial charge is 0.130 e. The van der Waals surface area contributed by atoms with Crippen molar-refractivity contribution in [3.05, 3.63) is 23.0 Å². The van der Waals surface area contributed by atoms with E-state index < -0.39 is 0 Å². The summed E-state index contributed by atoms with van der Waals surface area (Å²) in [4.78, 5) is 11.0. The summed E-state index contributed by atoms with van der Waals surface area (Å²) in [6.07, 6.45) is 13.3. The lowest BCUT2D eigenvalue weighted by Crippen LogP contribution is -2.12. The van der Waals surface area contributed by atoms with Gasteiger partial charge in [-0.2, -0.15) is 0 Å². The van der Waals surface area contributed by atoms with E-state index in [0.717, 1.165) is 11.5 Å². The summed E-state index contributed by atoms with van der Waals surface area (Å²) in [6, 6.07) is 0. The molecule has 0 aromatic rings. The summed E-state index contributed by atoms with van der Waals surface area (Å²) in [6.45, 7) is 16.6. The quantitative estimate of drug-likeness (QED) is 0.389. The summed E-state index contributed by atoms with van der Waals surface area (Å²) in [5, 5.41) is 0. The Bertz CT molecular complexity index is 424. The van der Waals surface area contributed by atoms with Crippen molar-refractivity contribution in [2.75, 3.05) is 0 Å². The predicted molar refractivity (Wildman–Crippen MR) is 120 cm³/mol. The lowest BCUT2D eigenvalue weighted by Gasteiger charge is -2.21. The van der Waals surface area contributed by atoms with E-state index >= 15 is 0 Å². The number of ketones is 1. The van der Waals surface area contributed by atoms with Crippen LogP contribution in [0.2, 0.25) is 0 Å². The molecule has 0 aliphatic heterocycles. The topological polar surface area (TPSA) is 17.1 Å². The van der Waals surface area contributed by atoms with Gasteiger partial charge in [-0.05, 0) is 38.2 Å². The standard InChI is InChI=1S/C12H17FO.C10H22.C3H8/c1-4-10-5-8(2)6-11(12(10)13)7-9(3)14;1-4-6-8-10(3)9-7-5-2;1-3-2/h5,11H,4,6-7H2,1-3H3;10H,4-9H2,1-3H3;3H2,1-2H3. The van der Waals surface area contributed by atoms with Gasteiger partial charge in [0, 0.05) is 12.3 Å². The van der Waals surface area contributed by atoms with Crippen LogP contribution in [0.3, 0.4) is 0 Å². The Hall–Kier alpha value is -0.920. The van der Waals surface area contributed by atoms with Crippen LogP contribution in [0, 0.1) is 11.8 Å². The number of unbranched alkanes of at least 4 members (excludes halogenated alkanes) is 2. The third-order valence-corrected chi connectivity index (χ3v) is 4.67. The average Bonchev–Trinajstić information content (AvgIpc) is 2.61. The number of halogens is 1. The van der Waals surface area contributed by atoms with Crippen molar-refractivity contribution in [1.82, 2.24) is 0 Å². The van der Waals surface area contributed by atoms with Crippen LogP contribution in [-0.4, -0.2) is 5.78 Å². The molecule has 2 heteroatoms. The molecule has 1 rings (SSSR count). The first-order valence-corrected chi connectivity index (χ1v) is 11.3. The highest BCUT2D eigenvalue weighted by Gasteiger charge is 2.23. The molecular formula is C25H47FO. The van der Waals surface area contributed by atoms with Gasteiger partial charge in [-0.3, -0.25) is 0 Å². The van der Waals surface area contributed by atoms with E-state index in [9.17, 15) is 9.18 Å². The van der Waals surface area contributed by atoms with Crippen LogP contribution in [0.5, 0.6) is 0 Å². The molecule has 1 aliphatic rings. The minimum absolute atomic E-state index is 0.0651. The lowest BCUT2D eigenvalue weighted by molar-refractivity contribution is -0.117. The Labute approximate surface area is 169 Å². The Morgan fingerprint density at radius 2 is 1.59 bits per heavy atom. The second-order valence-electron chi connectivity index (χ2n) is 8.12. The molecule has 1 nitrogen and oxygen atoms in total. The number of rotatable bonds is 9. The minimum Gasteiger partial charge on any atom is -0.300 e. The van der Waals surface area contributed by atoms with Crippen LogP contribution in [0.1, 0.15) is 120 Å². The van der Waals surface area contributed by atoms with Gasteiger partial charge < -0.3 is 4.79 Å². The van der Waals surface area contributed by atoms with Crippen LogP contribution < -0.4 is 0 Å². The molecule has 0 saturated carbocycles. The van der Waals surface area contributed by atoms with E-state index in [0.29, 0.717) is 19.3 Å². The van der Waals surface area contributed by atoms with Crippen LogP contribution >= 0.6 is 0 Å². The highest BCUT2D eigenvalue weighted by Crippen LogP contribution is 2.33. The van der Waals surface area contributed by atoms with Gasteiger partial charge in [0.1, 0.15) is 11.6 Å². The maximum absolute atomic E-state index is 13.7. The maximum Gasteiger partial charge on any atom is 0.130 e. The normalized spacial score (nSPS) is 16.2. The van der Waals surface area contributed by atoms with E-state index in [2.05, 4.69) is 34.6 Å². The molecule has 1 unspecified atom stereocenters.